The number of nitrogens with zero attached hydrogens (tertiary/aromatic N) is 4. The molecule has 0 spiro atoms. The van der Waals surface area contributed by atoms with Gasteiger partial charge in [-0.1, -0.05) is 12.1 Å². The van der Waals surface area contributed by atoms with E-state index in [1.807, 2.05) is 11.4 Å². The van der Waals surface area contributed by atoms with Gasteiger partial charge >= 0.3 is 0 Å². The van der Waals surface area contributed by atoms with Crippen LogP contribution in [0, 0.1) is 13.8 Å². The molecule has 0 amide bonds. The molecule has 0 saturated heterocycles. The lowest BCUT2D eigenvalue weighted by Crippen LogP contribution is -2.13. The summed E-state index contributed by atoms with van der Waals surface area (Å²) in [5.41, 5.74) is 4.76. The van der Waals surface area contributed by atoms with Crippen LogP contribution in [-0.4, -0.2) is 19.6 Å². The van der Waals surface area contributed by atoms with Gasteiger partial charge in [0.1, 0.15) is 11.6 Å². The van der Waals surface area contributed by atoms with Crippen molar-refractivity contribution in [1.29, 1.82) is 0 Å². The van der Waals surface area contributed by atoms with E-state index in [0.29, 0.717) is 5.78 Å². The second kappa shape index (κ2) is 5.09. The largest absolute Gasteiger partial charge is 0.340 e. The van der Waals surface area contributed by atoms with Crippen molar-refractivity contribution in [1.82, 2.24) is 19.6 Å². The Morgan fingerprint density at radius 1 is 1.09 bits per heavy atom. The molecule has 0 aliphatic heterocycles. The van der Waals surface area contributed by atoms with E-state index in [4.69, 9.17) is 4.98 Å². The predicted octanol–water partition coefficient (Wildman–Crippen LogP) is 3.36. The molecular formula is C17H19N5. The molecule has 0 saturated carbocycles. The molecule has 3 aromatic rings. The lowest BCUT2D eigenvalue weighted by atomic mass is 9.96. The second-order valence-corrected chi connectivity index (χ2v) is 5.96. The fourth-order valence-electron chi connectivity index (χ4n) is 3.13. The van der Waals surface area contributed by atoms with Crippen molar-refractivity contribution in [3.63, 3.8) is 0 Å². The third kappa shape index (κ3) is 2.22. The Balaban J connectivity index is 1.90. The summed E-state index contributed by atoms with van der Waals surface area (Å²) in [7, 11) is 0. The van der Waals surface area contributed by atoms with E-state index >= 15 is 0 Å². The lowest BCUT2D eigenvalue weighted by Gasteiger charge is -2.20. The van der Waals surface area contributed by atoms with Crippen molar-refractivity contribution in [2.75, 3.05) is 5.32 Å². The molecule has 0 unspecified atom stereocenters. The monoisotopic (exact) mass is 293 g/mol. The fourth-order valence-corrected chi connectivity index (χ4v) is 3.13. The quantitative estimate of drug-likeness (QED) is 0.787. The third-order valence-electron chi connectivity index (χ3n) is 4.15. The first-order valence-electron chi connectivity index (χ1n) is 7.79. The molecule has 1 aliphatic rings. The van der Waals surface area contributed by atoms with Gasteiger partial charge in [0.25, 0.3) is 5.78 Å². The normalized spacial score (nSPS) is 14.1. The van der Waals surface area contributed by atoms with Crippen LogP contribution in [0.25, 0.3) is 5.78 Å². The van der Waals surface area contributed by atoms with Crippen molar-refractivity contribution in [3.05, 3.63) is 46.9 Å². The SMILES string of the molecule is Cc1cccc(Nc2c3c(nc4nc(C)nn24)CCCC3)c1. The van der Waals surface area contributed by atoms with Gasteiger partial charge in [0.2, 0.25) is 0 Å². The minimum atomic E-state index is 0.688. The van der Waals surface area contributed by atoms with Crippen LogP contribution in [0.1, 0.15) is 35.5 Å². The van der Waals surface area contributed by atoms with Crippen LogP contribution in [-0.2, 0) is 12.8 Å². The molecule has 22 heavy (non-hydrogen) atoms. The Labute approximate surface area is 129 Å². The summed E-state index contributed by atoms with van der Waals surface area (Å²) in [6.07, 6.45) is 4.48. The van der Waals surface area contributed by atoms with Crippen LogP contribution < -0.4 is 5.32 Å². The second-order valence-electron chi connectivity index (χ2n) is 5.96. The van der Waals surface area contributed by atoms with Crippen LogP contribution in [0.3, 0.4) is 0 Å². The number of benzene rings is 1. The number of hydrogen-bond acceptors (Lipinski definition) is 4. The predicted molar refractivity (Wildman–Crippen MR) is 86.6 cm³/mol. The zero-order valence-corrected chi connectivity index (χ0v) is 12.9. The summed E-state index contributed by atoms with van der Waals surface area (Å²) in [5, 5.41) is 8.07. The van der Waals surface area contributed by atoms with Gasteiger partial charge in [0.15, 0.2) is 0 Å². The molecule has 5 heteroatoms. The number of aryl methyl sites for hydroxylation is 3. The Kier molecular flexibility index (Phi) is 3.06. The van der Waals surface area contributed by atoms with Crippen molar-refractivity contribution in [3.8, 4) is 0 Å². The maximum atomic E-state index is 4.71. The third-order valence-corrected chi connectivity index (χ3v) is 4.15. The van der Waals surface area contributed by atoms with Crippen molar-refractivity contribution in [2.45, 2.75) is 39.5 Å². The average Bonchev–Trinajstić information content (AvgIpc) is 2.87. The van der Waals surface area contributed by atoms with Crippen molar-refractivity contribution in [2.24, 2.45) is 0 Å². The Morgan fingerprint density at radius 2 is 1.95 bits per heavy atom. The zero-order chi connectivity index (χ0) is 15.1. The standard InChI is InChI=1S/C17H19N5/c1-11-6-5-7-13(10-11)19-16-14-8-3-4-9-15(14)20-17-18-12(2)21-22(16)17/h5-7,10,19H,3-4,8-9H2,1-2H3. The molecule has 1 aromatic carbocycles. The van der Waals surface area contributed by atoms with E-state index in [-0.39, 0.29) is 0 Å². The van der Waals surface area contributed by atoms with Gasteiger partial charge in [0, 0.05) is 11.3 Å². The topological polar surface area (TPSA) is 55.1 Å². The summed E-state index contributed by atoms with van der Waals surface area (Å²) in [5.74, 6) is 2.46. The molecular weight excluding hydrogens is 274 g/mol. The number of anilines is 2. The number of rotatable bonds is 2. The molecule has 112 valence electrons. The molecule has 2 aromatic heterocycles. The van der Waals surface area contributed by atoms with E-state index in [9.17, 15) is 0 Å². The lowest BCUT2D eigenvalue weighted by molar-refractivity contribution is 0.662. The fraction of sp³-hybridized carbons (Fsp3) is 0.353. The summed E-state index contributed by atoms with van der Waals surface area (Å²) in [6.45, 7) is 4.01. The molecule has 5 nitrogen and oxygen atoms in total. The minimum absolute atomic E-state index is 0.688. The average molecular weight is 293 g/mol. The molecule has 0 bridgehead atoms. The van der Waals surface area contributed by atoms with Crippen LogP contribution >= 0.6 is 0 Å². The maximum Gasteiger partial charge on any atom is 0.254 e. The highest BCUT2D eigenvalue weighted by atomic mass is 15.4. The van der Waals surface area contributed by atoms with Crippen LogP contribution in [0.4, 0.5) is 11.5 Å². The smallest absolute Gasteiger partial charge is 0.254 e. The minimum Gasteiger partial charge on any atom is -0.340 e. The number of aromatic nitrogens is 4. The van der Waals surface area contributed by atoms with Crippen LogP contribution in [0.5, 0.6) is 0 Å². The van der Waals surface area contributed by atoms with Crippen molar-refractivity contribution < 1.29 is 0 Å². The highest BCUT2D eigenvalue weighted by Crippen LogP contribution is 2.29. The number of hydrogen-bond donors (Lipinski definition) is 1. The van der Waals surface area contributed by atoms with Gasteiger partial charge < -0.3 is 5.32 Å². The number of nitrogens with one attached hydrogen (secondary N) is 1. The van der Waals surface area contributed by atoms with Gasteiger partial charge in [-0.25, -0.2) is 4.98 Å². The van der Waals surface area contributed by atoms with Gasteiger partial charge in [-0.2, -0.15) is 9.50 Å². The number of fused-ring (bicyclic) bond motifs is 2. The van der Waals surface area contributed by atoms with E-state index < -0.39 is 0 Å². The first-order chi connectivity index (χ1) is 10.7. The first kappa shape index (κ1) is 13.2. The Bertz CT molecular complexity index is 850. The molecule has 4 rings (SSSR count). The van der Waals surface area contributed by atoms with Gasteiger partial charge in [-0.15, -0.1) is 5.10 Å². The van der Waals surface area contributed by atoms with Gasteiger partial charge in [-0.05, 0) is 57.2 Å². The van der Waals surface area contributed by atoms with Gasteiger partial charge in [-0.3, -0.25) is 0 Å². The van der Waals surface area contributed by atoms with E-state index in [0.717, 1.165) is 30.2 Å². The summed E-state index contributed by atoms with van der Waals surface area (Å²) in [6, 6.07) is 8.39. The molecule has 0 fully saturated rings. The molecule has 0 atom stereocenters. The van der Waals surface area contributed by atoms with E-state index in [2.05, 4.69) is 46.6 Å². The highest BCUT2D eigenvalue weighted by molar-refractivity contribution is 5.63. The zero-order valence-electron chi connectivity index (χ0n) is 12.9. The van der Waals surface area contributed by atoms with Crippen LogP contribution in [0.2, 0.25) is 0 Å². The highest BCUT2D eigenvalue weighted by Gasteiger charge is 2.20. The van der Waals surface area contributed by atoms with E-state index in [1.165, 1.54) is 29.7 Å². The summed E-state index contributed by atoms with van der Waals surface area (Å²) >= 11 is 0. The summed E-state index contributed by atoms with van der Waals surface area (Å²) in [4.78, 5) is 9.15. The Hall–Kier alpha value is -2.43. The van der Waals surface area contributed by atoms with Crippen molar-refractivity contribution >= 4 is 17.3 Å². The Morgan fingerprint density at radius 3 is 2.82 bits per heavy atom. The molecule has 1 N–H and O–H groups in total. The molecule has 1 aliphatic carbocycles. The first-order valence-corrected chi connectivity index (χ1v) is 7.79. The van der Waals surface area contributed by atoms with E-state index in [1.54, 1.807) is 0 Å². The molecule has 2 heterocycles. The molecule has 0 radical (unpaired) electrons. The summed E-state index contributed by atoms with van der Waals surface area (Å²) < 4.78 is 1.85. The van der Waals surface area contributed by atoms with Gasteiger partial charge in [0.05, 0.1) is 5.69 Å². The maximum absolute atomic E-state index is 4.71. The van der Waals surface area contributed by atoms with Crippen LogP contribution in [0.15, 0.2) is 24.3 Å².